The molecule has 0 aromatic heterocycles. The highest BCUT2D eigenvalue weighted by atomic mass is 19.3. The minimum atomic E-state index is -2.97. The highest BCUT2D eigenvalue weighted by molar-refractivity contribution is 6.40. The highest BCUT2D eigenvalue weighted by Gasteiger charge is 2.27. The van der Waals surface area contributed by atoms with Crippen LogP contribution in [-0.4, -0.2) is 23.7 Å². The van der Waals surface area contributed by atoms with Gasteiger partial charge in [-0.05, 0) is 12.1 Å². The maximum Gasteiger partial charge on any atom is 0.377 e. The predicted molar refractivity (Wildman–Crippen MR) is 49.5 cm³/mol. The van der Waals surface area contributed by atoms with E-state index in [-0.39, 0.29) is 18.3 Å². The van der Waals surface area contributed by atoms with Crippen LogP contribution in [0.5, 0.6) is 11.5 Å². The molecule has 1 heterocycles. The maximum absolute atomic E-state index is 12.7. The number of fused-ring (bicyclic) bond motifs is 1. The van der Waals surface area contributed by atoms with E-state index in [2.05, 4.69) is 0 Å². The molecule has 0 spiro atoms. The number of carboxylic acids is 1. The second-order valence-corrected chi connectivity index (χ2v) is 3.23. The summed E-state index contributed by atoms with van der Waals surface area (Å²) in [6, 6.07) is 1.88. The fourth-order valence-electron chi connectivity index (χ4n) is 1.45. The molecule has 5 nitrogen and oxygen atoms in total. The lowest BCUT2D eigenvalue weighted by molar-refractivity contribution is -0.131. The fourth-order valence-corrected chi connectivity index (χ4v) is 1.45. The number of benzene rings is 1. The van der Waals surface area contributed by atoms with Crippen LogP contribution in [0, 0.1) is 0 Å². The van der Waals surface area contributed by atoms with Gasteiger partial charge in [-0.2, -0.15) is 0 Å². The number of rotatable bonds is 3. The van der Waals surface area contributed by atoms with Gasteiger partial charge >= 0.3 is 5.97 Å². The van der Waals surface area contributed by atoms with E-state index in [4.69, 9.17) is 14.6 Å². The molecule has 1 aromatic rings. The second-order valence-electron chi connectivity index (χ2n) is 3.23. The Kier molecular flexibility index (Phi) is 2.66. The van der Waals surface area contributed by atoms with Gasteiger partial charge < -0.3 is 14.6 Å². The summed E-state index contributed by atoms with van der Waals surface area (Å²) in [6.45, 7) is -0.150. The van der Waals surface area contributed by atoms with E-state index >= 15 is 0 Å². The molecule has 0 saturated heterocycles. The van der Waals surface area contributed by atoms with Crippen molar-refractivity contribution in [3.8, 4) is 11.5 Å². The first kappa shape index (κ1) is 11.3. The van der Waals surface area contributed by atoms with Gasteiger partial charge in [-0.15, -0.1) is 0 Å². The van der Waals surface area contributed by atoms with Crippen LogP contribution in [0.15, 0.2) is 12.1 Å². The monoisotopic (exact) mass is 244 g/mol. The predicted octanol–water partition coefficient (Wildman–Crippen LogP) is 1.62. The van der Waals surface area contributed by atoms with Gasteiger partial charge in [-0.25, -0.2) is 13.6 Å². The largest absolute Gasteiger partial charge is 0.475 e. The number of alkyl halides is 2. The van der Waals surface area contributed by atoms with E-state index in [9.17, 15) is 18.4 Å². The third kappa shape index (κ3) is 1.91. The van der Waals surface area contributed by atoms with E-state index in [1.165, 1.54) is 0 Å². The third-order valence-electron chi connectivity index (χ3n) is 2.22. The molecule has 0 fully saturated rings. The SMILES string of the molecule is O=C(O)C(=O)c1cc2c(cc1C(F)F)OCO2. The standard InChI is InChI=1S/C10H6F2O5/c11-9(12)5-2-7-6(16-3-17-7)1-4(5)8(13)10(14)15/h1-2,9H,3H2,(H,14,15). The molecule has 0 atom stereocenters. The Morgan fingerprint density at radius 3 is 2.35 bits per heavy atom. The Morgan fingerprint density at radius 2 is 1.82 bits per heavy atom. The van der Waals surface area contributed by atoms with E-state index in [1.54, 1.807) is 0 Å². The van der Waals surface area contributed by atoms with E-state index in [0.29, 0.717) is 0 Å². The topological polar surface area (TPSA) is 72.8 Å². The van der Waals surface area contributed by atoms with Crippen LogP contribution in [0.3, 0.4) is 0 Å². The number of carbonyl (C=O) groups excluding carboxylic acids is 1. The molecule has 0 radical (unpaired) electrons. The van der Waals surface area contributed by atoms with Crippen molar-refractivity contribution in [3.05, 3.63) is 23.3 Å². The fraction of sp³-hybridized carbons (Fsp3) is 0.200. The van der Waals surface area contributed by atoms with Crippen molar-refractivity contribution in [1.29, 1.82) is 0 Å². The summed E-state index contributed by atoms with van der Waals surface area (Å²) in [7, 11) is 0. The molecule has 1 aliphatic heterocycles. The summed E-state index contributed by atoms with van der Waals surface area (Å²) >= 11 is 0. The van der Waals surface area contributed by atoms with Crippen LogP contribution in [0.4, 0.5) is 8.78 Å². The molecule has 7 heteroatoms. The minimum absolute atomic E-state index is 0.0715. The summed E-state index contributed by atoms with van der Waals surface area (Å²) in [5.41, 5.74) is -1.27. The van der Waals surface area contributed by atoms with Gasteiger partial charge in [0.25, 0.3) is 12.2 Å². The minimum Gasteiger partial charge on any atom is -0.475 e. The van der Waals surface area contributed by atoms with E-state index < -0.39 is 29.3 Å². The summed E-state index contributed by atoms with van der Waals surface area (Å²) in [4.78, 5) is 21.7. The zero-order valence-electron chi connectivity index (χ0n) is 8.28. The van der Waals surface area contributed by atoms with Gasteiger partial charge in [0.1, 0.15) is 0 Å². The third-order valence-corrected chi connectivity index (χ3v) is 2.22. The van der Waals surface area contributed by atoms with E-state index in [1.807, 2.05) is 0 Å². The molecule has 1 N–H and O–H groups in total. The average molecular weight is 244 g/mol. The number of aliphatic carboxylic acids is 1. The van der Waals surface area contributed by atoms with Crippen LogP contribution in [-0.2, 0) is 4.79 Å². The van der Waals surface area contributed by atoms with E-state index in [0.717, 1.165) is 12.1 Å². The molecular formula is C10H6F2O5. The van der Waals surface area contributed by atoms with Crippen molar-refractivity contribution in [1.82, 2.24) is 0 Å². The van der Waals surface area contributed by atoms with Crippen molar-refractivity contribution >= 4 is 11.8 Å². The zero-order chi connectivity index (χ0) is 12.6. The van der Waals surface area contributed by atoms with Crippen molar-refractivity contribution in [2.45, 2.75) is 6.43 Å². The number of hydrogen-bond donors (Lipinski definition) is 1. The quantitative estimate of drug-likeness (QED) is 0.646. The lowest BCUT2D eigenvalue weighted by Crippen LogP contribution is -2.15. The summed E-state index contributed by atoms with van der Waals surface area (Å²) in [6.07, 6.45) is -2.97. The first-order valence-corrected chi connectivity index (χ1v) is 4.50. The normalized spacial score (nSPS) is 12.9. The molecule has 0 unspecified atom stereocenters. The van der Waals surface area contributed by atoms with Gasteiger partial charge in [-0.1, -0.05) is 0 Å². The number of ketones is 1. The first-order chi connectivity index (χ1) is 8.00. The van der Waals surface area contributed by atoms with Gasteiger partial charge in [0, 0.05) is 11.1 Å². The van der Waals surface area contributed by atoms with Crippen LogP contribution >= 0.6 is 0 Å². The van der Waals surface area contributed by atoms with Crippen LogP contribution in [0.2, 0.25) is 0 Å². The van der Waals surface area contributed by atoms with Crippen LogP contribution < -0.4 is 9.47 Å². The highest BCUT2D eigenvalue weighted by Crippen LogP contribution is 2.38. The van der Waals surface area contributed by atoms with Crippen molar-refractivity contribution in [2.24, 2.45) is 0 Å². The molecule has 0 saturated carbocycles. The van der Waals surface area contributed by atoms with Crippen molar-refractivity contribution < 1.29 is 33.0 Å². The summed E-state index contributed by atoms with van der Waals surface area (Å²) in [5, 5.41) is 8.52. The molecule has 1 aromatic carbocycles. The van der Waals surface area contributed by atoms with Crippen molar-refractivity contribution in [2.75, 3.05) is 6.79 Å². The van der Waals surface area contributed by atoms with Crippen LogP contribution in [0.25, 0.3) is 0 Å². The van der Waals surface area contributed by atoms with Crippen molar-refractivity contribution in [3.63, 3.8) is 0 Å². The molecule has 0 bridgehead atoms. The molecule has 90 valence electrons. The summed E-state index contributed by atoms with van der Waals surface area (Å²) in [5.74, 6) is -3.05. The Balaban J connectivity index is 2.56. The Morgan fingerprint density at radius 1 is 1.24 bits per heavy atom. The van der Waals surface area contributed by atoms with Crippen LogP contribution in [0.1, 0.15) is 22.3 Å². The molecule has 0 aliphatic carbocycles. The van der Waals surface area contributed by atoms with Gasteiger partial charge in [0.15, 0.2) is 11.5 Å². The zero-order valence-corrected chi connectivity index (χ0v) is 8.28. The number of Topliss-reactive ketones (excluding diaryl/α,β-unsaturated/α-hetero) is 1. The maximum atomic E-state index is 12.7. The number of hydrogen-bond acceptors (Lipinski definition) is 4. The number of carboxylic acid groups (broad SMARTS) is 1. The Bertz CT molecular complexity index is 498. The lowest BCUT2D eigenvalue weighted by atomic mass is 10.0. The number of halogens is 2. The molecule has 2 rings (SSSR count). The smallest absolute Gasteiger partial charge is 0.377 e. The molecule has 1 aliphatic rings. The Hall–Kier alpha value is -2.18. The van der Waals surface area contributed by atoms with Gasteiger partial charge in [0.05, 0.1) is 0 Å². The average Bonchev–Trinajstić information content (AvgIpc) is 2.72. The lowest BCUT2D eigenvalue weighted by Gasteiger charge is -2.07. The summed E-state index contributed by atoms with van der Waals surface area (Å²) < 4.78 is 35.1. The first-order valence-electron chi connectivity index (χ1n) is 4.50. The molecular weight excluding hydrogens is 238 g/mol. The second kappa shape index (κ2) is 4.00. The van der Waals surface area contributed by atoms with Gasteiger partial charge in [-0.3, -0.25) is 4.79 Å². The number of ether oxygens (including phenoxy) is 2. The molecule has 17 heavy (non-hydrogen) atoms. The number of carbonyl (C=O) groups is 2. The Labute approximate surface area is 93.6 Å². The molecule has 0 amide bonds. The van der Waals surface area contributed by atoms with Gasteiger partial charge in [0.2, 0.25) is 6.79 Å².